The van der Waals surface area contributed by atoms with Gasteiger partial charge in [-0.3, -0.25) is 4.98 Å². The van der Waals surface area contributed by atoms with Gasteiger partial charge >= 0.3 is 5.97 Å². The maximum atomic E-state index is 15.8. The van der Waals surface area contributed by atoms with Gasteiger partial charge in [0.2, 0.25) is 0 Å². The predicted octanol–water partition coefficient (Wildman–Crippen LogP) is 6.75. The second-order valence-electron chi connectivity index (χ2n) is 10.7. The van der Waals surface area contributed by atoms with Gasteiger partial charge in [-0.25, -0.2) is 18.6 Å². The highest BCUT2D eigenvalue weighted by Gasteiger charge is 2.41. The van der Waals surface area contributed by atoms with Crippen molar-refractivity contribution in [3.8, 4) is 22.6 Å². The Morgan fingerprint density at radius 2 is 1.93 bits per heavy atom. The van der Waals surface area contributed by atoms with Gasteiger partial charge in [-0.1, -0.05) is 23.7 Å². The highest BCUT2D eigenvalue weighted by Crippen LogP contribution is 2.49. The van der Waals surface area contributed by atoms with E-state index < -0.39 is 23.4 Å². The predicted molar refractivity (Wildman–Crippen MR) is 154 cm³/mol. The van der Waals surface area contributed by atoms with E-state index in [4.69, 9.17) is 25.8 Å². The van der Waals surface area contributed by atoms with E-state index in [0.29, 0.717) is 52.0 Å². The van der Waals surface area contributed by atoms with Crippen molar-refractivity contribution in [1.82, 2.24) is 14.5 Å². The number of aromatic carboxylic acids is 1. The third-order valence-electron chi connectivity index (χ3n) is 7.80. The molecule has 3 aromatic carbocycles. The molecule has 4 heterocycles. The van der Waals surface area contributed by atoms with Gasteiger partial charge in [0.25, 0.3) is 5.79 Å². The van der Waals surface area contributed by atoms with Crippen LogP contribution in [-0.4, -0.2) is 38.3 Å². The average molecular weight is 604 g/mol. The smallest absolute Gasteiger partial charge is 0.335 e. The van der Waals surface area contributed by atoms with Gasteiger partial charge in [0.05, 0.1) is 34.3 Å². The minimum atomic E-state index is -1.29. The van der Waals surface area contributed by atoms with Gasteiger partial charge in [-0.05, 0) is 60.5 Å². The number of para-hydroxylation sites is 1. The second-order valence-corrected chi connectivity index (χ2v) is 11.1. The molecule has 2 aliphatic rings. The van der Waals surface area contributed by atoms with Crippen molar-refractivity contribution in [3.05, 3.63) is 106 Å². The molecule has 0 aliphatic carbocycles. The van der Waals surface area contributed by atoms with E-state index in [-0.39, 0.29) is 35.0 Å². The largest absolute Gasteiger partial charge is 0.478 e. The first-order chi connectivity index (χ1) is 20.7. The first-order valence-corrected chi connectivity index (χ1v) is 14.0. The van der Waals surface area contributed by atoms with E-state index in [2.05, 4.69) is 9.97 Å². The summed E-state index contributed by atoms with van der Waals surface area (Å²) in [5.74, 6) is -2.52. The van der Waals surface area contributed by atoms with Gasteiger partial charge in [0, 0.05) is 37.3 Å². The Hall–Kier alpha value is -4.54. The maximum absolute atomic E-state index is 15.8. The summed E-state index contributed by atoms with van der Waals surface area (Å²) in [5.41, 5.74) is 2.18. The molecule has 2 aromatic heterocycles. The molecule has 0 radical (unpaired) electrons. The lowest BCUT2D eigenvalue weighted by molar-refractivity contribution is -0.0715. The lowest BCUT2D eigenvalue weighted by Crippen LogP contribution is -2.32. The summed E-state index contributed by atoms with van der Waals surface area (Å²) in [4.78, 5) is 20.5. The van der Waals surface area contributed by atoms with Crippen LogP contribution < -0.4 is 9.47 Å². The summed E-state index contributed by atoms with van der Waals surface area (Å²) in [7, 11) is 0. The number of ether oxygens (including phenoxy) is 3. The fourth-order valence-corrected chi connectivity index (χ4v) is 5.58. The van der Waals surface area contributed by atoms with Crippen LogP contribution in [0.2, 0.25) is 5.02 Å². The van der Waals surface area contributed by atoms with Crippen molar-refractivity contribution in [1.29, 1.82) is 0 Å². The third kappa shape index (κ3) is 4.86. The first kappa shape index (κ1) is 27.3. The van der Waals surface area contributed by atoms with Crippen LogP contribution in [0.4, 0.5) is 8.78 Å². The Morgan fingerprint density at radius 3 is 2.65 bits per heavy atom. The molecule has 11 heteroatoms. The van der Waals surface area contributed by atoms with E-state index in [1.54, 1.807) is 43.3 Å². The lowest BCUT2D eigenvalue weighted by atomic mass is 10.00. The molecule has 0 saturated carbocycles. The summed E-state index contributed by atoms with van der Waals surface area (Å²) in [6.07, 6.45) is 2.24. The van der Waals surface area contributed by atoms with E-state index in [0.717, 1.165) is 18.6 Å². The monoisotopic (exact) mass is 603 g/mol. The number of hydrogen-bond acceptors (Lipinski definition) is 6. The van der Waals surface area contributed by atoms with Crippen molar-refractivity contribution in [2.45, 2.75) is 38.2 Å². The number of imidazole rings is 1. The summed E-state index contributed by atoms with van der Waals surface area (Å²) < 4.78 is 51.1. The fraction of sp³-hybridized carbons (Fsp3) is 0.219. The Morgan fingerprint density at radius 1 is 1.09 bits per heavy atom. The molecule has 8 nitrogen and oxygen atoms in total. The summed E-state index contributed by atoms with van der Waals surface area (Å²) in [6, 6.07) is 15.3. The number of carboxylic acid groups (broad SMARTS) is 1. The molecule has 2 aliphatic heterocycles. The van der Waals surface area contributed by atoms with E-state index in [1.165, 1.54) is 18.3 Å². The van der Waals surface area contributed by atoms with Gasteiger partial charge < -0.3 is 23.9 Å². The molecule has 2 atom stereocenters. The van der Waals surface area contributed by atoms with Crippen LogP contribution in [-0.2, 0) is 23.5 Å². The standard InChI is InChI=1S/C32H24ClF2N3O5/c1-32(28-8-6-19(33)15-36-28)42-27-4-2-3-21(30(27)43-32)22-14-23(34)18(11-24(22)35)13-29-37-25-7-5-17(31(39)40)12-26(25)38(29)16-20-9-10-41-20/h2-8,11-12,14-15,20H,9-10,13,16H2,1H3,(H,39,40). The SMILES string of the molecule is CC1(c2ccc(Cl)cn2)Oc2cccc(-c3cc(F)c(Cc4nc5ccc(C(=O)O)cc5n4CC4CCO4)cc3F)c2O1. The molecule has 218 valence electrons. The molecule has 1 fully saturated rings. The first-order valence-electron chi connectivity index (χ1n) is 13.6. The van der Waals surface area contributed by atoms with Crippen molar-refractivity contribution in [3.63, 3.8) is 0 Å². The molecule has 0 bridgehead atoms. The van der Waals surface area contributed by atoms with Crippen LogP contribution in [0.25, 0.3) is 22.2 Å². The Bertz CT molecular complexity index is 1910. The fourth-order valence-electron chi connectivity index (χ4n) is 5.46. The number of carboxylic acids is 1. The molecule has 0 amide bonds. The van der Waals surface area contributed by atoms with Gasteiger partial charge in [0.15, 0.2) is 11.5 Å². The van der Waals surface area contributed by atoms with Crippen LogP contribution in [0.15, 0.2) is 66.9 Å². The lowest BCUT2D eigenvalue weighted by Gasteiger charge is -2.27. The van der Waals surface area contributed by atoms with Crippen LogP contribution >= 0.6 is 11.6 Å². The number of hydrogen-bond donors (Lipinski definition) is 1. The molecule has 1 saturated heterocycles. The molecule has 43 heavy (non-hydrogen) atoms. The number of nitrogens with zero attached hydrogens (tertiary/aromatic N) is 3. The molecule has 7 rings (SSSR count). The highest BCUT2D eigenvalue weighted by molar-refractivity contribution is 6.30. The zero-order chi connectivity index (χ0) is 29.9. The molecular formula is C32H24ClF2N3O5. The van der Waals surface area contributed by atoms with Gasteiger partial charge in [-0.15, -0.1) is 0 Å². The number of pyridine rings is 1. The minimum Gasteiger partial charge on any atom is -0.478 e. The second kappa shape index (κ2) is 10.3. The van der Waals surface area contributed by atoms with Gasteiger partial charge in [-0.2, -0.15) is 0 Å². The van der Waals surface area contributed by atoms with Crippen LogP contribution in [0.5, 0.6) is 11.5 Å². The number of aromatic nitrogens is 3. The molecule has 2 unspecified atom stereocenters. The molecule has 5 aromatic rings. The Kier molecular flexibility index (Phi) is 6.55. The number of rotatable bonds is 7. The number of benzene rings is 3. The normalized spacial score (nSPS) is 19.0. The number of fused-ring (bicyclic) bond motifs is 2. The van der Waals surface area contributed by atoms with Crippen molar-refractivity contribution in [2.24, 2.45) is 0 Å². The third-order valence-corrected chi connectivity index (χ3v) is 8.03. The highest BCUT2D eigenvalue weighted by atomic mass is 35.5. The van der Waals surface area contributed by atoms with Gasteiger partial charge in [0.1, 0.15) is 23.2 Å². The van der Waals surface area contributed by atoms with Crippen molar-refractivity contribution >= 4 is 28.6 Å². The summed E-state index contributed by atoms with van der Waals surface area (Å²) in [6.45, 7) is 2.75. The van der Waals surface area contributed by atoms with E-state index in [9.17, 15) is 9.90 Å². The number of carbonyl (C=O) groups is 1. The van der Waals surface area contributed by atoms with Crippen LogP contribution in [0.1, 0.15) is 40.8 Å². The Labute approximate surface area is 249 Å². The Balaban J connectivity index is 1.23. The van der Waals surface area contributed by atoms with Crippen LogP contribution in [0.3, 0.4) is 0 Å². The van der Waals surface area contributed by atoms with Crippen molar-refractivity contribution < 1.29 is 32.9 Å². The maximum Gasteiger partial charge on any atom is 0.335 e. The van der Waals surface area contributed by atoms with Crippen molar-refractivity contribution in [2.75, 3.05) is 6.61 Å². The average Bonchev–Trinajstić information content (AvgIpc) is 3.49. The molecule has 1 N–H and O–H groups in total. The quantitative estimate of drug-likeness (QED) is 0.220. The zero-order valence-electron chi connectivity index (χ0n) is 22.8. The van der Waals surface area contributed by atoms with Crippen LogP contribution in [0, 0.1) is 11.6 Å². The summed E-state index contributed by atoms with van der Waals surface area (Å²) in [5, 5.41) is 9.94. The van der Waals surface area contributed by atoms with E-state index >= 15 is 8.78 Å². The molecular weight excluding hydrogens is 580 g/mol. The topological polar surface area (TPSA) is 95.7 Å². The van der Waals surface area contributed by atoms with E-state index in [1.807, 2.05) is 4.57 Å². The summed E-state index contributed by atoms with van der Waals surface area (Å²) >= 11 is 5.98. The molecule has 0 spiro atoms. The minimum absolute atomic E-state index is 0.0116. The zero-order valence-corrected chi connectivity index (χ0v) is 23.6. The number of halogens is 3.